The first-order chi connectivity index (χ1) is 28.0. The van der Waals surface area contributed by atoms with Crippen LogP contribution in [-0.4, -0.2) is 289 Å². The van der Waals surface area contributed by atoms with Crippen LogP contribution in [0.2, 0.25) is 0 Å². The third-order valence-corrected chi connectivity index (χ3v) is 11.9. The van der Waals surface area contributed by atoms with Gasteiger partial charge in [-0.2, -0.15) is 0 Å². The Kier molecular flexibility index (Phi) is 22.7. The molecule has 0 N–H and O–H groups in total. The summed E-state index contributed by atoms with van der Waals surface area (Å²) in [6.45, 7) is 0. The highest BCUT2D eigenvalue weighted by Gasteiger charge is 2.57. The van der Waals surface area contributed by atoms with Crippen molar-refractivity contribution in [2.75, 3.05) is 0 Å². The molecule has 4 aromatic rings. The van der Waals surface area contributed by atoms with Crippen molar-refractivity contribution in [1.82, 2.24) is 4.98 Å². The Labute approximate surface area is 404 Å². The molecule has 43 heteroatoms. The van der Waals surface area contributed by atoms with E-state index in [1.165, 1.54) is 0 Å². The van der Waals surface area contributed by atoms with E-state index in [-0.39, 0.29) is 0 Å². The van der Waals surface area contributed by atoms with Crippen LogP contribution in [-0.2, 0) is 0 Å². The molecule has 0 fully saturated rings. The van der Waals surface area contributed by atoms with Gasteiger partial charge in [-0.15, -0.1) is 0 Å². The summed E-state index contributed by atoms with van der Waals surface area (Å²) in [5.41, 5.74) is 3.74. The average molecular weight is 757 g/mol. The summed E-state index contributed by atoms with van der Waals surface area (Å²) in [6.07, 6.45) is -19.9. The predicted molar refractivity (Wildman–Crippen MR) is 315 cm³/mol. The van der Waals surface area contributed by atoms with E-state index >= 15 is 0 Å². The maximum Gasteiger partial charge on any atom is 0.144 e. The monoisotopic (exact) mass is 763 g/mol. The van der Waals surface area contributed by atoms with Crippen LogP contribution >= 0.6 is 15.9 Å². The minimum atomic E-state index is -1.25. The Morgan fingerprint density at radius 2 is 0.767 bits per heavy atom. The van der Waals surface area contributed by atoms with Crippen molar-refractivity contribution in [2.45, 2.75) is 0 Å². The molecule has 60 heavy (non-hydrogen) atoms. The van der Waals surface area contributed by atoms with Gasteiger partial charge in [0.05, 0.1) is 5.69 Å². The molecule has 0 bridgehead atoms. The Morgan fingerprint density at radius 3 is 1.13 bits per heavy atom. The average Bonchev–Trinajstić information content (AvgIpc) is 3.51. The third kappa shape index (κ3) is 13.5. The van der Waals surface area contributed by atoms with Gasteiger partial charge in [0.2, 0.25) is 0 Å². The van der Waals surface area contributed by atoms with E-state index in [1.807, 2.05) is 42.5 Å². The second-order valence-electron chi connectivity index (χ2n) is 15.6. The van der Waals surface area contributed by atoms with E-state index in [0.717, 1.165) is 37.7 Å². The Morgan fingerprint density at radius 1 is 0.383 bits per heavy atom. The van der Waals surface area contributed by atoms with Crippen LogP contribution in [0.1, 0.15) is 0 Å². The zero-order valence-electron chi connectivity index (χ0n) is 33.6. The Bertz CT molecular complexity index is 1760. The molecule has 2 heterocycles. The molecule has 0 aliphatic rings. The highest BCUT2D eigenvalue weighted by atomic mass is 79.9. The van der Waals surface area contributed by atoms with Crippen molar-refractivity contribution in [3.8, 4) is 11.3 Å². The smallest absolute Gasteiger partial charge is 0.144 e. The number of hydrogen-bond donors (Lipinski definition) is 0. The largest absolute Gasteiger partial charge is 0.455 e. The van der Waals surface area contributed by atoms with Gasteiger partial charge in [0.1, 0.15) is 11.2 Å². The lowest BCUT2D eigenvalue weighted by Gasteiger charge is -2.54. The van der Waals surface area contributed by atoms with Crippen LogP contribution in [0.4, 0.5) is 0 Å². The summed E-state index contributed by atoms with van der Waals surface area (Å²) < 4.78 is 6.99. The zero-order chi connectivity index (χ0) is 45.5. The van der Waals surface area contributed by atoms with E-state index in [9.17, 15) is 0 Å². The highest BCUT2D eigenvalue weighted by molar-refractivity contribution is 9.10. The van der Waals surface area contributed by atoms with E-state index in [4.69, 9.17) is 167 Å². The van der Waals surface area contributed by atoms with Gasteiger partial charge in [-0.25, -0.2) is 0 Å². The lowest BCUT2D eigenvalue weighted by atomic mass is 8.27. The fraction of sp³-hybridized carbons (Fsp3) is 0. The molecule has 0 unspecified atom stereocenters. The predicted octanol–water partition coefficient (Wildman–Crippen LogP) is -9.82. The van der Waals surface area contributed by atoms with Crippen LogP contribution in [0.3, 0.4) is 0 Å². The van der Waals surface area contributed by atoms with Crippen molar-refractivity contribution in [3.05, 3.63) is 65.3 Å². The lowest BCUT2D eigenvalue weighted by molar-refractivity contribution is 0.670. The molecule has 0 aliphatic carbocycles. The third-order valence-electron chi connectivity index (χ3n) is 11.4. The van der Waals surface area contributed by atoms with E-state index in [1.54, 1.807) is 6.20 Å². The van der Waals surface area contributed by atoms with E-state index < -0.39 is 121 Å². The molecule has 42 radical (unpaired) electrons. The van der Waals surface area contributed by atoms with Crippen LogP contribution in [0.15, 0.2) is 69.7 Å². The molecule has 216 valence electrons. The van der Waals surface area contributed by atoms with Gasteiger partial charge in [0.25, 0.3) is 0 Å². The Hall–Kier alpha value is 0.467. The number of aromatic nitrogens is 1. The summed E-state index contributed by atoms with van der Waals surface area (Å²) in [7, 11) is 131. The second kappa shape index (κ2) is 24.8. The molecule has 0 spiro atoms. The molecular weight excluding hydrogens is 747 g/mol. The fourth-order valence-electron chi connectivity index (χ4n) is 8.90. The second-order valence-corrected chi connectivity index (χ2v) is 16.5. The normalized spacial score (nSPS) is 10.2. The van der Waals surface area contributed by atoms with Crippen LogP contribution < -0.4 is 0 Å². The molecular formula is C17H10B40BrNO. The van der Waals surface area contributed by atoms with Crippen molar-refractivity contribution < 1.29 is 4.42 Å². The molecule has 0 saturated carbocycles. The number of benzene rings is 2. The van der Waals surface area contributed by atoms with Crippen LogP contribution in [0, 0.1) is 0 Å². The molecule has 0 aliphatic heterocycles. The number of rotatable bonds is 19. The quantitative estimate of drug-likeness (QED) is 0.0891. The summed E-state index contributed by atoms with van der Waals surface area (Å²) in [4.78, 5) is 4.46. The van der Waals surface area contributed by atoms with Gasteiger partial charge in [-0.1, -0.05) is 30.3 Å². The maximum absolute atomic E-state index is 6.54. The van der Waals surface area contributed by atoms with Gasteiger partial charge < -0.3 is 4.42 Å². The fourth-order valence-corrected chi connectivity index (χ4v) is 9.13. The first-order valence-electron chi connectivity index (χ1n) is 19.3. The van der Waals surface area contributed by atoms with E-state index in [0.29, 0.717) is 0 Å². The minimum absolute atomic E-state index is 0.892. The van der Waals surface area contributed by atoms with E-state index in [2.05, 4.69) is 33.0 Å². The summed E-state index contributed by atoms with van der Waals surface area (Å²) >= 11 is 3.41. The van der Waals surface area contributed by atoms with Crippen LogP contribution in [0.25, 0.3) is 33.2 Å². The molecule has 2 aromatic heterocycles. The maximum atomic E-state index is 6.54. The van der Waals surface area contributed by atoms with Crippen LogP contribution in [0.5, 0.6) is 0 Å². The standard InChI is InChI=1S/C17H10BrNO.B40/c18-11-8-9-15(19-10-11)14-6-3-5-13-12-4-1-2-7-16(12)20-17(13)14;1-22(2)32(21)37(31(19)20)40(38(33(23(3)4)24(5)6)34(25(7)8)26(9)10)39(35(27(11)12)28(13)14)36(29(15)16)30(17)18/h1-10H;. The first kappa shape index (κ1) is 54.8. The summed E-state index contributed by atoms with van der Waals surface area (Å²) in [5, 5.41) is 2.27. The van der Waals surface area contributed by atoms with Crippen molar-refractivity contribution in [3.63, 3.8) is 0 Å². The molecule has 0 amide bonds. The number of para-hydroxylation sites is 2. The van der Waals surface area contributed by atoms with Gasteiger partial charge in [0, 0.05) is 311 Å². The number of furan rings is 1. The molecule has 2 nitrogen and oxygen atoms in total. The first-order valence-corrected chi connectivity index (χ1v) is 20.1. The number of pyridine rings is 1. The lowest BCUT2D eigenvalue weighted by Crippen LogP contribution is -2.92. The number of nitrogens with zero attached hydrogens (tertiary/aromatic N) is 1. The summed E-state index contributed by atoms with van der Waals surface area (Å²) in [6, 6.07) is 18.3. The minimum Gasteiger partial charge on any atom is -0.455 e. The van der Waals surface area contributed by atoms with Gasteiger partial charge in [-0.3, -0.25) is 4.98 Å². The SMILES string of the molecule is Brc1ccc(-c2cccc3c2oc2ccccc23)nc1.[B]B([B])B([B])B(B([B])[B])B(B(B(B([B])[B])B([B])[B])B(B([B])[B])B([B])[B])B(B(B([B])[B])B([B])[B])B(B([B])[B])B([B])[B]. The summed E-state index contributed by atoms with van der Waals surface area (Å²) in [5.74, 6) is 0. The molecule has 0 saturated heterocycles. The van der Waals surface area contributed by atoms with Crippen molar-refractivity contribution in [1.29, 1.82) is 0 Å². The van der Waals surface area contributed by atoms with Gasteiger partial charge >= 0.3 is 0 Å². The number of hydrogen-bond acceptors (Lipinski definition) is 2. The molecule has 4 rings (SSSR count). The zero-order valence-corrected chi connectivity index (χ0v) is 35.2. The number of fused-ring (bicyclic) bond motifs is 3. The number of halogens is 1. The van der Waals surface area contributed by atoms with Gasteiger partial charge in [0.15, 0.2) is 0 Å². The Balaban J connectivity index is 0.000000391. The van der Waals surface area contributed by atoms with Crippen molar-refractivity contribution in [2.24, 2.45) is 0 Å². The molecule has 2 aromatic carbocycles. The highest BCUT2D eigenvalue weighted by Crippen LogP contribution is 2.35. The molecule has 0 atom stereocenters. The van der Waals surface area contributed by atoms with Gasteiger partial charge in [-0.05, 0) is 40.2 Å². The van der Waals surface area contributed by atoms with Crippen molar-refractivity contribution >= 4 is 322 Å². The topological polar surface area (TPSA) is 26.0 Å².